The van der Waals surface area contributed by atoms with Crippen LogP contribution >= 0.6 is 0 Å². The minimum atomic E-state index is 0.495. The quantitative estimate of drug-likeness (QED) is 0.630. The number of hydrogen-bond acceptors (Lipinski definition) is 1. The van der Waals surface area contributed by atoms with Crippen molar-refractivity contribution in [3.63, 3.8) is 0 Å². The summed E-state index contributed by atoms with van der Waals surface area (Å²) in [6, 6.07) is 31.0. The molecule has 0 unspecified atom stereocenters. The van der Waals surface area contributed by atoms with E-state index in [4.69, 9.17) is 4.74 Å². The maximum Gasteiger partial charge on any atom is 0.293 e. The highest BCUT2D eigenvalue weighted by molar-refractivity contribution is 6.09. The van der Waals surface area contributed by atoms with Gasteiger partial charge in [-0.25, -0.2) is 0 Å². The van der Waals surface area contributed by atoms with Crippen LogP contribution < -0.4 is 0 Å². The molecule has 0 fully saturated rings. The van der Waals surface area contributed by atoms with E-state index in [1.54, 1.807) is 0 Å². The summed E-state index contributed by atoms with van der Waals surface area (Å²) in [5.41, 5.74) is 4.54. The number of nitrogens with zero attached hydrogens (tertiary/aromatic N) is 1. The molecule has 1 heterocycles. The molecule has 3 aromatic rings. The number of para-hydroxylation sites is 1. The molecule has 0 saturated carbocycles. The summed E-state index contributed by atoms with van der Waals surface area (Å²) in [6.07, 6.45) is 2.13. The van der Waals surface area contributed by atoms with Crippen molar-refractivity contribution < 1.29 is 9.31 Å². The first-order valence-corrected chi connectivity index (χ1v) is 8.07. The number of rotatable bonds is 3. The fourth-order valence-electron chi connectivity index (χ4n) is 2.89. The average Bonchev–Trinajstić information content (AvgIpc) is 2.69. The van der Waals surface area contributed by atoms with Crippen molar-refractivity contribution in [2.24, 2.45) is 0 Å². The third-order valence-corrected chi connectivity index (χ3v) is 4.10. The number of ether oxygens (including phenoxy) is 1. The van der Waals surface area contributed by atoms with Crippen LogP contribution in [0.4, 0.5) is 5.69 Å². The summed E-state index contributed by atoms with van der Waals surface area (Å²) >= 11 is 0. The molecule has 2 heteroatoms. The van der Waals surface area contributed by atoms with Gasteiger partial charge in [-0.3, -0.25) is 0 Å². The normalized spacial score (nSPS) is 14.1. The van der Waals surface area contributed by atoms with E-state index in [0.29, 0.717) is 6.73 Å². The Kier molecular flexibility index (Phi) is 3.95. The Morgan fingerprint density at radius 1 is 0.625 bits per heavy atom. The molecule has 1 aliphatic rings. The lowest BCUT2D eigenvalue weighted by Crippen LogP contribution is -2.24. The number of benzene rings is 3. The Morgan fingerprint density at radius 3 is 1.79 bits per heavy atom. The van der Waals surface area contributed by atoms with Gasteiger partial charge in [0.2, 0.25) is 11.4 Å². The van der Waals surface area contributed by atoms with Crippen molar-refractivity contribution in [2.75, 3.05) is 6.73 Å². The lowest BCUT2D eigenvalue weighted by molar-refractivity contribution is -0.483. The SMILES string of the molecule is C1=C(c2ccccc2)OC[N+](c2ccccc2)=C1c1ccccc1. The van der Waals surface area contributed by atoms with Crippen molar-refractivity contribution in [2.45, 2.75) is 0 Å². The first-order chi connectivity index (χ1) is 11.9. The van der Waals surface area contributed by atoms with E-state index in [-0.39, 0.29) is 0 Å². The van der Waals surface area contributed by atoms with Crippen LogP contribution in [0.2, 0.25) is 0 Å². The smallest absolute Gasteiger partial charge is 0.293 e. The molecule has 0 N–H and O–H groups in total. The van der Waals surface area contributed by atoms with Gasteiger partial charge >= 0.3 is 0 Å². The van der Waals surface area contributed by atoms with Gasteiger partial charge < -0.3 is 4.74 Å². The largest absolute Gasteiger partial charge is 0.435 e. The van der Waals surface area contributed by atoms with Gasteiger partial charge in [-0.05, 0) is 12.1 Å². The molecule has 1 aliphatic heterocycles. The second-order valence-corrected chi connectivity index (χ2v) is 5.66. The van der Waals surface area contributed by atoms with E-state index in [1.165, 1.54) is 5.56 Å². The molecule has 24 heavy (non-hydrogen) atoms. The van der Waals surface area contributed by atoms with E-state index < -0.39 is 0 Å². The van der Waals surface area contributed by atoms with Crippen molar-refractivity contribution in [1.29, 1.82) is 0 Å². The summed E-state index contributed by atoms with van der Waals surface area (Å²) < 4.78 is 8.25. The Balaban J connectivity index is 1.87. The third-order valence-electron chi connectivity index (χ3n) is 4.10. The first-order valence-electron chi connectivity index (χ1n) is 8.07. The molecular weight excluding hydrogens is 294 g/mol. The van der Waals surface area contributed by atoms with Crippen LogP contribution in [-0.2, 0) is 4.74 Å². The van der Waals surface area contributed by atoms with Crippen LogP contribution in [0.15, 0.2) is 97.1 Å². The van der Waals surface area contributed by atoms with Crippen LogP contribution in [0.5, 0.6) is 0 Å². The monoisotopic (exact) mass is 312 g/mol. The maximum absolute atomic E-state index is 6.05. The Morgan fingerprint density at radius 2 is 1.17 bits per heavy atom. The number of allylic oxidation sites excluding steroid dienone is 1. The second-order valence-electron chi connectivity index (χ2n) is 5.66. The molecule has 0 radical (unpaired) electrons. The van der Waals surface area contributed by atoms with E-state index in [0.717, 1.165) is 22.7 Å². The first kappa shape index (κ1) is 14.5. The minimum absolute atomic E-state index is 0.495. The molecule has 0 aliphatic carbocycles. The molecule has 0 saturated heterocycles. The summed E-state index contributed by atoms with van der Waals surface area (Å²) in [4.78, 5) is 0. The van der Waals surface area contributed by atoms with Crippen molar-refractivity contribution in [1.82, 2.24) is 0 Å². The molecule has 116 valence electrons. The summed E-state index contributed by atoms with van der Waals surface area (Å²) in [5, 5.41) is 0. The van der Waals surface area contributed by atoms with Gasteiger partial charge in [-0.2, -0.15) is 4.58 Å². The van der Waals surface area contributed by atoms with Gasteiger partial charge in [-0.1, -0.05) is 66.7 Å². The highest BCUT2D eigenvalue weighted by Gasteiger charge is 2.24. The highest BCUT2D eigenvalue weighted by Crippen LogP contribution is 2.24. The summed E-state index contributed by atoms with van der Waals surface area (Å²) in [7, 11) is 0. The molecule has 0 atom stereocenters. The highest BCUT2D eigenvalue weighted by atomic mass is 16.5. The van der Waals surface area contributed by atoms with E-state index in [1.807, 2.05) is 42.5 Å². The zero-order valence-electron chi connectivity index (χ0n) is 13.3. The van der Waals surface area contributed by atoms with Gasteiger partial charge in [0.1, 0.15) is 5.76 Å². The molecule has 0 aromatic heterocycles. The predicted molar refractivity (Wildman–Crippen MR) is 97.3 cm³/mol. The van der Waals surface area contributed by atoms with Gasteiger partial charge in [0.05, 0.1) is 6.08 Å². The minimum Gasteiger partial charge on any atom is -0.435 e. The van der Waals surface area contributed by atoms with Crippen LogP contribution in [0.1, 0.15) is 11.1 Å². The van der Waals surface area contributed by atoms with Crippen molar-refractivity contribution in [3.05, 3.63) is 108 Å². The zero-order valence-corrected chi connectivity index (χ0v) is 13.3. The fourth-order valence-corrected chi connectivity index (χ4v) is 2.89. The molecule has 3 aromatic carbocycles. The van der Waals surface area contributed by atoms with Gasteiger partial charge in [0, 0.05) is 23.3 Å². The van der Waals surface area contributed by atoms with E-state index in [9.17, 15) is 0 Å². The van der Waals surface area contributed by atoms with Crippen LogP contribution in [-0.4, -0.2) is 17.0 Å². The van der Waals surface area contributed by atoms with Crippen molar-refractivity contribution >= 4 is 17.2 Å². The maximum atomic E-state index is 6.05. The molecule has 0 amide bonds. The average molecular weight is 312 g/mol. The lowest BCUT2D eigenvalue weighted by atomic mass is 10.1. The van der Waals surface area contributed by atoms with Gasteiger partial charge in [0.25, 0.3) is 6.73 Å². The predicted octanol–water partition coefficient (Wildman–Crippen LogP) is 4.85. The van der Waals surface area contributed by atoms with Gasteiger partial charge in [-0.15, -0.1) is 0 Å². The molecule has 2 nitrogen and oxygen atoms in total. The van der Waals surface area contributed by atoms with Crippen molar-refractivity contribution in [3.8, 4) is 0 Å². The summed E-state index contributed by atoms with van der Waals surface area (Å²) in [6.45, 7) is 0.495. The third kappa shape index (κ3) is 2.86. The van der Waals surface area contributed by atoms with E-state index >= 15 is 0 Å². The summed E-state index contributed by atoms with van der Waals surface area (Å²) in [5.74, 6) is 0.904. The van der Waals surface area contributed by atoms with Crippen LogP contribution in [0, 0.1) is 0 Å². The molecular formula is C22H18NO+. The Bertz CT molecular complexity index is 881. The Labute approximate surface area is 142 Å². The van der Waals surface area contributed by atoms with Crippen LogP contribution in [0.25, 0.3) is 5.76 Å². The Hall–Kier alpha value is -3.13. The van der Waals surface area contributed by atoms with Gasteiger partial charge in [0.15, 0.2) is 0 Å². The lowest BCUT2D eigenvalue weighted by Gasteiger charge is -2.17. The molecule has 0 bridgehead atoms. The fraction of sp³-hybridized carbons (Fsp3) is 0.0455. The topological polar surface area (TPSA) is 12.2 Å². The standard InChI is InChI=1S/C22H18NO/c1-4-10-18(11-5-1)21-16-22(19-12-6-2-7-13-19)24-17-23(21)20-14-8-3-9-15-20/h1-16H,17H2/q+1. The number of hydrogen-bond donors (Lipinski definition) is 0. The van der Waals surface area contributed by atoms with E-state index in [2.05, 4.69) is 59.2 Å². The second kappa shape index (κ2) is 6.55. The molecule has 4 rings (SSSR count). The molecule has 0 spiro atoms. The zero-order chi connectivity index (χ0) is 16.2. The van der Waals surface area contributed by atoms with Crippen LogP contribution in [0.3, 0.4) is 0 Å².